The van der Waals surface area contributed by atoms with Gasteiger partial charge in [0.15, 0.2) is 0 Å². The number of halogens is 1. The Morgan fingerprint density at radius 2 is 1.79 bits per heavy atom. The summed E-state index contributed by atoms with van der Waals surface area (Å²) in [5.41, 5.74) is 4.33. The summed E-state index contributed by atoms with van der Waals surface area (Å²) in [5.74, 6) is -0.248. The fourth-order valence-corrected chi connectivity index (χ4v) is 3.35. The lowest BCUT2D eigenvalue weighted by Gasteiger charge is -2.24. The summed E-state index contributed by atoms with van der Waals surface area (Å²) in [5, 5.41) is 3.36. The van der Waals surface area contributed by atoms with Crippen LogP contribution in [0.15, 0.2) is 23.0 Å². The van der Waals surface area contributed by atoms with Crippen LogP contribution in [-0.2, 0) is 6.54 Å². The fourth-order valence-electron chi connectivity index (χ4n) is 3.13. The Hall–Kier alpha value is -2.31. The molecule has 2 N–H and O–H groups in total. The van der Waals surface area contributed by atoms with Gasteiger partial charge in [0.1, 0.15) is 0 Å². The average molecular weight is 405 g/mol. The van der Waals surface area contributed by atoms with Crippen molar-refractivity contribution in [3.05, 3.63) is 61.5 Å². The molecule has 0 atom stereocenters. The molecule has 1 aromatic carbocycles. The van der Waals surface area contributed by atoms with E-state index < -0.39 is 0 Å². The van der Waals surface area contributed by atoms with E-state index >= 15 is 0 Å². The highest BCUT2D eigenvalue weighted by molar-refractivity contribution is 6.31. The van der Waals surface area contributed by atoms with E-state index in [4.69, 9.17) is 11.6 Å². The molecule has 0 aliphatic carbocycles. The Morgan fingerprint density at radius 3 is 2.39 bits per heavy atom. The highest BCUT2D eigenvalue weighted by Gasteiger charge is 2.17. The van der Waals surface area contributed by atoms with Crippen LogP contribution in [-0.4, -0.2) is 50.0 Å². The number of hydrogen-bond donors (Lipinski definition) is 2. The molecule has 0 unspecified atom stereocenters. The van der Waals surface area contributed by atoms with Gasteiger partial charge in [-0.1, -0.05) is 11.6 Å². The molecular formula is C21H29ClN4O2. The second-order valence-corrected chi connectivity index (χ2v) is 7.88. The molecule has 0 saturated carbocycles. The van der Waals surface area contributed by atoms with E-state index in [1.54, 1.807) is 6.07 Å². The lowest BCUT2D eigenvalue weighted by Crippen LogP contribution is -2.30. The summed E-state index contributed by atoms with van der Waals surface area (Å²) >= 11 is 6.29. The number of likely N-dealkylation sites (N-methyl/N-ethyl adjacent to an activating group) is 2. The zero-order valence-corrected chi connectivity index (χ0v) is 18.2. The fraction of sp³-hybridized carbons (Fsp3) is 0.429. The van der Waals surface area contributed by atoms with Crippen molar-refractivity contribution in [2.75, 3.05) is 39.1 Å². The largest absolute Gasteiger partial charge is 0.373 e. The minimum absolute atomic E-state index is 0.165. The van der Waals surface area contributed by atoms with Crippen molar-refractivity contribution in [1.82, 2.24) is 15.2 Å². The zero-order chi connectivity index (χ0) is 21.0. The van der Waals surface area contributed by atoms with Gasteiger partial charge in [-0.05, 0) is 64.2 Å². The quantitative estimate of drug-likeness (QED) is 0.744. The molecule has 0 radical (unpaired) electrons. The number of benzene rings is 1. The van der Waals surface area contributed by atoms with Gasteiger partial charge in [0.25, 0.3) is 11.5 Å². The van der Waals surface area contributed by atoms with E-state index in [1.807, 2.05) is 54.0 Å². The molecule has 28 heavy (non-hydrogen) atoms. The second kappa shape index (κ2) is 9.26. The first kappa shape index (κ1) is 22.0. The summed E-state index contributed by atoms with van der Waals surface area (Å²) in [4.78, 5) is 31.9. The van der Waals surface area contributed by atoms with Crippen LogP contribution in [0.2, 0.25) is 5.02 Å². The maximum atomic E-state index is 12.8. The third-order valence-electron chi connectivity index (χ3n) is 4.80. The van der Waals surface area contributed by atoms with Gasteiger partial charge in [0.2, 0.25) is 0 Å². The van der Waals surface area contributed by atoms with Crippen molar-refractivity contribution >= 4 is 23.2 Å². The SMILES string of the molecule is Cc1cc(C)c(CNC(=O)c2cc(Cl)cc(N(C)CCN(C)C)c2C)c(=O)[nH]1. The van der Waals surface area contributed by atoms with Gasteiger partial charge in [0, 0.05) is 54.2 Å². The Balaban J connectivity index is 2.23. The molecular weight excluding hydrogens is 376 g/mol. The van der Waals surface area contributed by atoms with E-state index in [-0.39, 0.29) is 18.0 Å². The van der Waals surface area contributed by atoms with Crippen molar-refractivity contribution in [1.29, 1.82) is 0 Å². The van der Waals surface area contributed by atoms with Crippen LogP contribution in [0, 0.1) is 20.8 Å². The van der Waals surface area contributed by atoms with Gasteiger partial charge in [-0.2, -0.15) is 0 Å². The molecule has 0 aliphatic rings. The monoisotopic (exact) mass is 404 g/mol. The van der Waals surface area contributed by atoms with Gasteiger partial charge in [-0.25, -0.2) is 0 Å². The number of aromatic nitrogens is 1. The summed E-state index contributed by atoms with van der Waals surface area (Å²) < 4.78 is 0. The van der Waals surface area contributed by atoms with Crippen molar-refractivity contribution in [2.24, 2.45) is 0 Å². The molecule has 7 heteroatoms. The van der Waals surface area contributed by atoms with E-state index in [9.17, 15) is 9.59 Å². The van der Waals surface area contributed by atoms with Crippen LogP contribution < -0.4 is 15.8 Å². The standard InChI is InChI=1S/C21H29ClN4O2/c1-13-9-14(2)24-21(28)18(13)12-23-20(27)17-10-16(22)11-19(15(17)3)26(6)8-7-25(4)5/h9-11H,7-8,12H2,1-6H3,(H,23,27)(H,24,28). The van der Waals surface area contributed by atoms with E-state index in [2.05, 4.69) is 20.1 Å². The molecule has 1 heterocycles. The molecule has 2 aromatic rings. The number of H-pyrrole nitrogens is 1. The van der Waals surface area contributed by atoms with E-state index in [0.29, 0.717) is 16.1 Å². The average Bonchev–Trinajstić information content (AvgIpc) is 2.60. The van der Waals surface area contributed by atoms with Crippen LogP contribution >= 0.6 is 11.6 Å². The number of pyridine rings is 1. The van der Waals surface area contributed by atoms with Gasteiger partial charge in [-0.15, -0.1) is 0 Å². The first-order valence-corrected chi connectivity index (χ1v) is 9.61. The smallest absolute Gasteiger partial charge is 0.253 e. The van der Waals surface area contributed by atoms with Gasteiger partial charge in [-0.3, -0.25) is 9.59 Å². The topological polar surface area (TPSA) is 68.4 Å². The van der Waals surface area contributed by atoms with Crippen LogP contribution in [0.5, 0.6) is 0 Å². The zero-order valence-electron chi connectivity index (χ0n) is 17.4. The third kappa shape index (κ3) is 5.36. The molecule has 0 bridgehead atoms. The third-order valence-corrected chi connectivity index (χ3v) is 5.02. The van der Waals surface area contributed by atoms with E-state index in [0.717, 1.165) is 35.6 Å². The molecule has 152 valence electrons. The summed E-state index contributed by atoms with van der Waals surface area (Å²) in [6.45, 7) is 7.48. The Kier molecular flexibility index (Phi) is 7.27. The van der Waals surface area contributed by atoms with Crippen molar-refractivity contribution in [3.63, 3.8) is 0 Å². The summed E-state index contributed by atoms with van der Waals surface area (Å²) in [6.07, 6.45) is 0. The van der Waals surface area contributed by atoms with Crippen molar-refractivity contribution in [3.8, 4) is 0 Å². The number of amides is 1. The molecule has 2 rings (SSSR count). The maximum absolute atomic E-state index is 12.8. The molecule has 0 fully saturated rings. The van der Waals surface area contributed by atoms with Crippen LogP contribution in [0.3, 0.4) is 0 Å². The lowest BCUT2D eigenvalue weighted by molar-refractivity contribution is 0.0950. The minimum atomic E-state index is -0.248. The van der Waals surface area contributed by atoms with Gasteiger partial charge < -0.3 is 20.1 Å². The molecule has 1 aromatic heterocycles. The Bertz CT molecular complexity index is 921. The van der Waals surface area contributed by atoms with Crippen LogP contribution in [0.4, 0.5) is 5.69 Å². The predicted molar refractivity (Wildman–Crippen MR) is 116 cm³/mol. The first-order valence-electron chi connectivity index (χ1n) is 9.23. The number of aromatic amines is 1. The second-order valence-electron chi connectivity index (χ2n) is 7.45. The minimum Gasteiger partial charge on any atom is -0.373 e. The normalized spacial score (nSPS) is 11.0. The van der Waals surface area contributed by atoms with E-state index in [1.165, 1.54) is 0 Å². The maximum Gasteiger partial charge on any atom is 0.253 e. The molecule has 0 saturated heterocycles. The highest BCUT2D eigenvalue weighted by atomic mass is 35.5. The number of carbonyl (C=O) groups is 1. The molecule has 0 aliphatic heterocycles. The number of carbonyl (C=O) groups excluding carboxylic acids is 1. The van der Waals surface area contributed by atoms with Gasteiger partial charge in [0.05, 0.1) is 0 Å². The van der Waals surface area contributed by atoms with Crippen LogP contribution in [0.1, 0.15) is 32.7 Å². The van der Waals surface area contributed by atoms with Crippen molar-refractivity contribution in [2.45, 2.75) is 27.3 Å². The van der Waals surface area contributed by atoms with Gasteiger partial charge >= 0.3 is 0 Å². The number of nitrogens with zero attached hydrogens (tertiary/aromatic N) is 2. The number of aryl methyl sites for hydroxylation is 2. The number of hydrogen-bond acceptors (Lipinski definition) is 4. The van der Waals surface area contributed by atoms with Crippen LogP contribution in [0.25, 0.3) is 0 Å². The van der Waals surface area contributed by atoms with Crippen molar-refractivity contribution < 1.29 is 4.79 Å². The highest BCUT2D eigenvalue weighted by Crippen LogP contribution is 2.27. The number of anilines is 1. The predicted octanol–water partition coefficient (Wildman–Crippen LogP) is 2.88. The Labute approximate surface area is 171 Å². The number of nitrogens with one attached hydrogen (secondary N) is 2. The molecule has 1 amide bonds. The lowest BCUT2D eigenvalue weighted by atomic mass is 10.0. The molecule has 0 spiro atoms. The number of rotatable bonds is 7. The molecule has 6 nitrogen and oxygen atoms in total. The first-order chi connectivity index (χ1) is 13.1. The summed E-state index contributed by atoms with van der Waals surface area (Å²) in [7, 11) is 6.03. The Morgan fingerprint density at radius 1 is 1.11 bits per heavy atom. The summed E-state index contributed by atoms with van der Waals surface area (Å²) in [6, 6.07) is 5.44.